The lowest BCUT2D eigenvalue weighted by Gasteiger charge is -2.36. The van der Waals surface area contributed by atoms with Gasteiger partial charge in [-0.3, -0.25) is 19.2 Å². The van der Waals surface area contributed by atoms with Crippen LogP contribution in [0.4, 0.5) is 23.2 Å². The van der Waals surface area contributed by atoms with E-state index in [4.69, 9.17) is 9.47 Å². The zero-order valence-electron chi connectivity index (χ0n) is 29.8. The molecule has 0 radical (unpaired) electrons. The van der Waals surface area contributed by atoms with Crippen LogP contribution in [0.15, 0.2) is 42.5 Å². The van der Waals surface area contributed by atoms with Gasteiger partial charge >= 0.3 is 6.18 Å². The lowest BCUT2D eigenvalue weighted by atomic mass is 9.84. The predicted octanol–water partition coefficient (Wildman–Crippen LogP) is 4.94. The van der Waals surface area contributed by atoms with E-state index in [0.29, 0.717) is 48.7 Å². The third kappa shape index (κ3) is 8.06. The van der Waals surface area contributed by atoms with E-state index >= 15 is 4.39 Å². The molecular formula is C37H48F4N4O6S. The first kappa shape index (κ1) is 38.3. The molecule has 0 saturated carbocycles. The van der Waals surface area contributed by atoms with E-state index in [1.807, 2.05) is 28.7 Å². The molecule has 4 aliphatic heterocycles. The maximum atomic E-state index is 17.7. The molecule has 6 rings (SSSR count). The number of rotatable bonds is 9. The summed E-state index contributed by atoms with van der Waals surface area (Å²) in [5.41, 5.74) is -1.33. The number of nitrogens with one attached hydrogen (secondary N) is 1. The highest BCUT2D eigenvalue weighted by molar-refractivity contribution is 7.89. The fourth-order valence-corrected chi connectivity index (χ4v) is 9.15. The van der Waals surface area contributed by atoms with Crippen molar-refractivity contribution in [1.82, 2.24) is 14.5 Å². The van der Waals surface area contributed by atoms with Crippen molar-refractivity contribution in [1.29, 1.82) is 0 Å². The Labute approximate surface area is 302 Å². The van der Waals surface area contributed by atoms with E-state index in [1.165, 1.54) is 6.07 Å². The van der Waals surface area contributed by atoms with Crippen LogP contribution in [0.5, 0.6) is 5.75 Å². The van der Waals surface area contributed by atoms with Gasteiger partial charge in [-0.05, 0) is 67.0 Å². The second-order valence-corrected chi connectivity index (χ2v) is 16.5. The zero-order valence-corrected chi connectivity index (χ0v) is 30.6. The molecule has 2 aromatic carbocycles. The summed E-state index contributed by atoms with van der Waals surface area (Å²) in [6, 6.07) is 10.9. The minimum atomic E-state index is -4.60. The Morgan fingerprint density at radius 1 is 1.00 bits per heavy atom. The van der Waals surface area contributed by atoms with Crippen molar-refractivity contribution in [3.05, 3.63) is 59.2 Å². The predicted molar refractivity (Wildman–Crippen MR) is 187 cm³/mol. The van der Waals surface area contributed by atoms with Crippen LogP contribution in [0.2, 0.25) is 0 Å². The number of anilines is 1. The highest BCUT2D eigenvalue weighted by Crippen LogP contribution is 2.47. The van der Waals surface area contributed by atoms with Crippen molar-refractivity contribution in [3.63, 3.8) is 0 Å². The first-order valence-corrected chi connectivity index (χ1v) is 19.9. The molecule has 0 aromatic heterocycles. The number of amides is 2. The van der Waals surface area contributed by atoms with Gasteiger partial charge in [-0.2, -0.15) is 13.2 Å². The van der Waals surface area contributed by atoms with Gasteiger partial charge in [0.1, 0.15) is 5.75 Å². The highest BCUT2D eigenvalue weighted by Gasteiger charge is 2.57. The van der Waals surface area contributed by atoms with Gasteiger partial charge < -0.3 is 19.3 Å². The van der Waals surface area contributed by atoms with E-state index in [-0.39, 0.29) is 63.4 Å². The standard InChI is InChI=1S/C37H48F4N4O6S/c1-4-24-20-44(35(47)36(38)23-45(28-13-17-51-18-14-28)22-32(36)25-5-8-29(50-2)9-6-25)21-31(24)30-10-7-27(37(39,40)41)19-33(30)43-15-11-26(12-16-43)34(46)42-52(3,48)49/h5-10,19,24,26,28,31-32H,4,11-18,20-23H2,1-3H3,(H,42,46)/t24-,31-,32-,36-/m0/s1. The highest BCUT2D eigenvalue weighted by atomic mass is 32.2. The van der Waals surface area contributed by atoms with Gasteiger partial charge in [0.25, 0.3) is 5.91 Å². The Hall–Kier alpha value is -3.43. The molecular weight excluding hydrogens is 704 g/mol. The van der Waals surface area contributed by atoms with Gasteiger partial charge in [0.15, 0.2) is 0 Å². The number of sulfonamides is 1. The van der Waals surface area contributed by atoms with Gasteiger partial charge in [0.05, 0.1) is 18.9 Å². The van der Waals surface area contributed by atoms with E-state index in [2.05, 4.69) is 4.90 Å². The van der Waals surface area contributed by atoms with Crippen LogP contribution in [0.3, 0.4) is 0 Å². The van der Waals surface area contributed by atoms with Crippen LogP contribution in [-0.2, 0) is 30.5 Å². The second-order valence-electron chi connectivity index (χ2n) is 14.7. The molecule has 4 heterocycles. The molecule has 10 nitrogen and oxygen atoms in total. The van der Waals surface area contributed by atoms with Crippen molar-refractivity contribution < 1.29 is 45.0 Å². The monoisotopic (exact) mass is 752 g/mol. The summed E-state index contributed by atoms with van der Waals surface area (Å²) in [4.78, 5) is 32.6. The average Bonchev–Trinajstić information content (AvgIpc) is 3.72. The molecule has 4 saturated heterocycles. The number of carbonyl (C=O) groups excluding carboxylic acids is 2. The van der Waals surface area contributed by atoms with Crippen LogP contribution in [-0.4, -0.2) is 108 Å². The molecule has 0 unspecified atom stereocenters. The molecule has 4 atom stereocenters. The number of piperidine rings is 1. The summed E-state index contributed by atoms with van der Waals surface area (Å²) in [7, 11) is -2.20. The topological polar surface area (TPSA) is 108 Å². The maximum Gasteiger partial charge on any atom is 0.416 e. The number of alkyl halides is 4. The molecule has 2 amide bonds. The van der Waals surface area contributed by atoms with Crippen molar-refractivity contribution in [2.45, 2.75) is 68.8 Å². The largest absolute Gasteiger partial charge is 0.497 e. The van der Waals surface area contributed by atoms with Crippen molar-refractivity contribution >= 4 is 27.5 Å². The fourth-order valence-electron chi connectivity index (χ4n) is 8.62. The number of benzene rings is 2. The summed E-state index contributed by atoms with van der Waals surface area (Å²) in [6.07, 6.45) is -1.07. The number of halogens is 4. The molecule has 0 spiro atoms. The van der Waals surface area contributed by atoms with Crippen LogP contribution in [0.25, 0.3) is 0 Å². The van der Waals surface area contributed by atoms with E-state index in [9.17, 15) is 31.2 Å². The number of likely N-dealkylation sites (tertiary alicyclic amines) is 2. The number of methoxy groups -OCH3 is 1. The quantitative estimate of drug-likeness (QED) is 0.359. The van der Waals surface area contributed by atoms with Crippen LogP contribution in [0, 0.1) is 11.8 Å². The summed E-state index contributed by atoms with van der Waals surface area (Å²) in [6.45, 7) is 4.34. The summed E-state index contributed by atoms with van der Waals surface area (Å²) >= 11 is 0. The Morgan fingerprint density at radius 2 is 1.67 bits per heavy atom. The molecule has 286 valence electrons. The Morgan fingerprint density at radius 3 is 2.27 bits per heavy atom. The minimum Gasteiger partial charge on any atom is -0.497 e. The van der Waals surface area contributed by atoms with Crippen molar-refractivity contribution in [3.8, 4) is 5.75 Å². The lowest BCUT2D eigenvalue weighted by Crippen LogP contribution is -2.50. The molecule has 1 N–H and O–H groups in total. The van der Waals surface area contributed by atoms with Crippen molar-refractivity contribution in [2.24, 2.45) is 11.8 Å². The molecule has 0 aliphatic carbocycles. The molecule has 15 heteroatoms. The van der Waals surface area contributed by atoms with E-state index in [0.717, 1.165) is 31.2 Å². The Bertz CT molecular complexity index is 1710. The molecule has 0 bridgehead atoms. The van der Waals surface area contributed by atoms with Gasteiger partial charge in [-0.1, -0.05) is 31.5 Å². The zero-order chi connectivity index (χ0) is 37.4. The van der Waals surface area contributed by atoms with E-state index < -0.39 is 51.1 Å². The smallest absolute Gasteiger partial charge is 0.416 e. The first-order valence-electron chi connectivity index (χ1n) is 18.0. The number of ether oxygens (including phenoxy) is 2. The van der Waals surface area contributed by atoms with Crippen LogP contribution < -0.4 is 14.4 Å². The maximum absolute atomic E-state index is 17.7. The Kier molecular flexibility index (Phi) is 11.1. The fraction of sp³-hybridized carbons (Fsp3) is 0.622. The molecule has 4 aliphatic rings. The van der Waals surface area contributed by atoms with Gasteiger partial charge in [-0.25, -0.2) is 12.8 Å². The number of hydrogen-bond acceptors (Lipinski definition) is 8. The first-order chi connectivity index (χ1) is 24.6. The Balaban J connectivity index is 1.27. The average molecular weight is 753 g/mol. The number of hydrogen-bond donors (Lipinski definition) is 1. The van der Waals surface area contributed by atoms with Crippen molar-refractivity contribution in [2.75, 3.05) is 70.7 Å². The van der Waals surface area contributed by atoms with Crippen LogP contribution >= 0.6 is 0 Å². The number of carbonyl (C=O) groups is 2. The summed E-state index contributed by atoms with van der Waals surface area (Å²) in [5.74, 6) is -2.42. The lowest BCUT2D eigenvalue weighted by molar-refractivity contribution is -0.143. The molecule has 2 aromatic rings. The SMILES string of the molecule is CC[C@H]1CN(C(=O)[C@]2(F)CN(C3CCOCC3)C[C@H]2c2ccc(OC)cc2)C[C@@H]1c1ccc(C(F)(F)F)cc1N1CCC(C(=O)NS(C)(=O)=O)CC1. The van der Waals surface area contributed by atoms with Gasteiger partial charge in [-0.15, -0.1) is 0 Å². The normalized spacial score (nSPS) is 26.9. The van der Waals surface area contributed by atoms with E-state index in [1.54, 1.807) is 24.1 Å². The number of nitrogens with zero attached hydrogens (tertiary/aromatic N) is 3. The van der Waals surface area contributed by atoms with Crippen LogP contribution in [0.1, 0.15) is 67.6 Å². The molecule has 4 fully saturated rings. The summed E-state index contributed by atoms with van der Waals surface area (Å²) < 4.78 is 96.0. The molecule has 52 heavy (non-hydrogen) atoms. The third-order valence-corrected chi connectivity index (χ3v) is 12.1. The van der Waals surface area contributed by atoms with Gasteiger partial charge in [0, 0.05) is 82.0 Å². The van der Waals surface area contributed by atoms with Gasteiger partial charge in [0.2, 0.25) is 21.6 Å². The minimum absolute atomic E-state index is 0.0570. The second kappa shape index (κ2) is 15.1. The third-order valence-electron chi connectivity index (χ3n) is 11.5. The summed E-state index contributed by atoms with van der Waals surface area (Å²) in [5, 5.41) is 0.